The maximum absolute atomic E-state index is 11.1. The van der Waals surface area contributed by atoms with Gasteiger partial charge in [0.05, 0.1) is 6.61 Å². The van der Waals surface area contributed by atoms with Crippen LogP contribution in [0, 0.1) is 5.92 Å². The fourth-order valence-electron chi connectivity index (χ4n) is 4.00. The number of phosphoric ester groups is 1. The molecule has 4 nitrogen and oxygen atoms in total. The van der Waals surface area contributed by atoms with Gasteiger partial charge >= 0.3 is 59.2 Å². The maximum atomic E-state index is 11.1. The van der Waals surface area contributed by atoms with E-state index in [0.717, 1.165) is 25.7 Å². The summed E-state index contributed by atoms with van der Waals surface area (Å²) in [4.78, 5) is 18.0. The Balaban J connectivity index is -0.00000392. The molecule has 0 amide bonds. The van der Waals surface area contributed by atoms with E-state index in [9.17, 15) is 4.57 Å². The Hall–Kier alpha value is 1.75. The van der Waals surface area contributed by atoms with Gasteiger partial charge in [-0.3, -0.25) is 4.52 Å². The second kappa shape index (κ2) is 25.4. The van der Waals surface area contributed by atoms with Crippen LogP contribution in [0.5, 0.6) is 0 Å². The molecule has 0 fully saturated rings. The van der Waals surface area contributed by atoms with Gasteiger partial charge in [-0.25, -0.2) is 4.57 Å². The second-order valence-electron chi connectivity index (χ2n) is 8.89. The van der Waals surface area contributed by atoms with Crippen molar-refractivity contribution in [1.82, 2.24) is 0 Å². The van der Waals surface area contributed by atoms with Crippen molar-refractivity contribution < 1.29 is 71.7 Å². The minimum Gasteiger partial charge on any atom is -1.00 e. The number of unbranched alkanes of at least 4 members (excludes halogenated alkanes) is 16. The predicted octanol–water partition coefficient (Wildman–Crippen LogP) is 5.67. The summed E-state index contributed by atoms with van der Waals surface area (Å²) in [7, 11) is -4.35. The molecule has 0 aliphatic carbocycles. The first-order valence-corrected chi connectivity index (χ1v) is 14.2. The molecule has 2 N–H and O–H groups in total. The molecule has 0 spiro atoms. The molecule has 0 aromatic heterocycles. The Morgan fingerprint density at radius 1 is 0.633 bits per heavy atom. The molecule has 6 heteroatoms. The third-order valence-electron chi connectivity index (χ3n) is 5.91. The molecule has 1 unspecified atom stereocenters. The fraction of sp³-hybridized carbons (Fsp3) is 1.00. The van der Waals surface area contributed by atoms with Gasteiger partial charge in [-0.05, 0) is 18.8 Å². The number of phosphoric acid groups is 1. The zero-order valence-corrected chi connectivity index (χ0v) is 24.6. The molecule has 0 saturated heterocycles. The van der Waals surface area contributed by atoms with E-state index in [0.29, 0.717) is 0 Å². The van der Waals surface area contributed by atoms with E-state index in [4.69, 9.17) is 14.3 Å². The van der Waals surface area contributed by atoms with Crippen LogP contribution in [-0.2, 0) is 9.09 Å². The number of hydrogen-bond donors (Lipinski definition) is 2. The van der Waals surface area contributed by atoms with Gasteiger partial charge in [0.15, 0.2) is 0 Å². The van der Waals surface area contributed by atoms with Crippen LogP contribution in [0.25, 0.3) is 0 Å². The van der Waals surface area contributed by atoms with E-state index in [1.54, 1.807) is 0 Å². The monoisotopic (exact) mass is 474 g/mol. The largest absolute Gasteiger partial charge is 1.00 e. The quantitative estimate of drug-likeness (QED) is 0.114. The molecule has 0 saturated carbocycles. The summed E-state index contributed by atoms with van der Waals surface area (Å²) in [6, 6.07) is 0. The average molecular weight is 475 g/mol. The standard InChI is InChI=1S/C24H51O4P.K.H/c1-3-5-7-9-11-13-14-16-18-20-22-24(23-28-29(25,26)27)21-19-17-15-12-10-8-6-4-2;;/h24H,3-23H2,1-2H3,(H2,25,26,27);;/q;+1;-1. The SMILES string of the molecule is CCCCCCCCCCCCC(CCCCCCCCCC)COP(=O)(O)O.[H-].[K+]. The van der Waals surface area contributed by atoms with Crippen molar-refractivity contribution in [2.45, 2.75) is 142 Å². The topological polar surface area (TPSA) is 66.8 Å². The molecule has 178 valence electrons. The predicted molar refractivity (Wildman–Crippen MR) is 126 cm³/mol. The molecular formula is C24H52KO4P. The van der Waals surface area contributed by atoms with Crippen LogP contribution < -0.4 is 51.4 Å². The minimum absolute atomic E-state index is 0. The average Bonchev–Trinajstić information content (AvgIpc) is 2.68. The molecule has 0 heterocycles. The first-order valence-electron chi connectivity index (χ1n) is 12.7. The van der Waals surface area contributed by atoms with E-state index >= 15 is 0 Å². The summed E-state index contributed by atoms with van der Waals surface area (Å²) in [5.41, 5.74) is 0. The van der Waals surface area contributed by atoms with Crippen LogP contribution >= 0.6 is 7.82 Å². The van der Waals surface area contributed by atoms with E-state index in [-0.39, 0.29) is 65.3 Å². The van der Waals surface area contributed by atoms with Crippen LogP contribution in [0.2, 0.25) is 0 Å². The second-order valence-corrected chi connectivity index (χ2v) is 10.1. The van der Waals surface area contributed by atoms with Gasteiger partial charge in [0.2, 0.25) is 0 Å². The van der Waals surface area contributed by atoms with Gasteiger partial charge in [-0.15, -0.1) is 0 Å². The molecule has 0 aliphatic rings. The molecular weight excluding hydrogens is 422 g/mol. The van der Waals surface area contributed by atoms with E-state index in [1.807, 2.05) is 0 Å². The molecule has 1 atom stereocenters. The normalized spacial score (nSPS) is 12.7. The Morgan fingerprint density at radius 2 is 0.933 bits per heavy atom. The smallest absolute Gasteiger partial charge is 1.00 e. The van der Waals surface area contributed by atoms with Gasteiger partial charge in [0.25, 0.3) is 0 Å². The third-order valence-corrected chi connectivity index (χ3v) is 6.40. The first-order chi connectivity index (χ1) is 14.0. The molecule has 0 rings (SSSR count). The van der Waals surface area contributed by atoms with Crippen molar-refractivity contribution in [3.8, 4) is 0 Å². The van der Waals surface area contributed by atoms with Gasteiger partial charge in [-0.2, -0.15) is 0 Å². The van der Waals surface area contributed by atoms with Gasteiger partial charge < -0.3 is 11.2 Å². The van der Waals surface area contributed by atoms with Crippen LogP contribution in [0.1, 0.15) is 144 Å². The Morgan fingerprint density at radius 3 is 1.23 bits per heavy atom. The van der Waals surface area contributed by atoms with Crippen LogP contribution in [0.15, 0.2) is 0 Å². The van der Waals surface area contributed by atoms with Crippen molar-refractivity contribution >= 4 is 7.82 Å². The Bertz CT molecular complexity index is 383. The molecule has 0 aromatic rings. The number of hydrogen-bond acceptors (Lipinski definition) is 2. The van der Waals surface area contributed by atoms with Crippen molar-refractivity contribution in [3.05, 3.63) is 0 Å². The fourth-order valence-corrected chi connectivity index (χ4v) is 4.41. The van der Waals surface area contributed by atoms with Crippen molar-refractivity contribution in [1.29, 1.82) is 0 Å². The Labute approximate surface area is 232 Å². The van der Waals surface area contributed by atoms with Crippen molar-refractivity contribution in [2.24, 2.45) is 5.92 Å². The zero-order chi connectivity index (χ0) is 21.6. The summed E-state index contributed by atoms with van der Waals surface area (Å²) in [5.74, 6) is 0.289. The van der Waals surface area contributed by atoms with E-state index in [1.165, 1.54) is 103 Å². The van der Waals surface area contributed by atoms with Crippen LogP contribution in [-0.4, -0.2) is 16.4 Å². The van der Waals surface area contributed by atoms with Crippen LogP contribution in [0.3, 0.4) is 0 Å². The third kappa shape index (κ3) is 27.8. The Kier molecular flexibility index (Phi) is 28.7. The summed E-state index contributed by atoms with van der Waals surface area (Å²) in [6.45, 7) is 4.71. The van der Waals surface area contributed by atoms with E-state index in [2.05, 4.69) is 13.8 Å². The van der Waals surface area contributed by atoms with E-state index < -0.39 is 7.82 Å². The molecule has 0 radical (unpaired) electrons. The maximum Gasteiger partial charge on any atom is 1.00 e. The summed E-state index contributed by atoms with van der Waals surface area (Å²) < 4.78 is 15.9. The minimum atomic E-state index is -4.35. The van der Waals surface area contributed by atoms with Gasteiger partial charge in [0, 0.05) is 0 Å². The molecule has 30 heavy (non-hydrogen) atoms. The molecule has 0 bridgehead atoms. The zero-order valence-electron chi connectivity index (χ0n) is 21.6. The van der Waals surface area contributed by atoms with Crippen LogP contribution in [0.4, 0.5) is 0 Å². The summed E-state index contributed by atoms with van der Waals surface area (Å²) >= 11 is 0. The number of rotatable bonds is 23. The van der Waals surface area contributed by atoms with Gasteiger partial charge in [-0.1, -0.05) is 129 Å². The molecule has 0 aliphatic heterocycles. The summed E-state index contributed by atoms with van der Waals surface area (Å²) in [5, 5.41) is 0. The first kappa shape index (κ1) is 33.9. The van der Waals surface area contributed by atoms with Crippen molar-refractivity contribution in [2.75, 3.05) is 6.61 Å². The molecule has 0 aromatic carbocycles. The summed E-state index contributed by atoms with van der Waals surface area (Å²) in [6.07, 6.45) is 25.6. The van der Waals surface area contributed by atoms with Crippen molar-refractivity contribution in [3.63, 3.8) is 0 Å². The van der Waals surface area contributed by atoms with Gasteiger partial charge in [0.1, 0.15) is 0 Å².